The Morgan fingerprint density at radius 1 is 1.33 bits per heavy atom. The van der Waals surface area contributed by atoms with Gasteiger partial charge in [0.1, 0.15) is 5.82 Å². The van der Waals surface area contributed by atoms with Crippen molar-refractivity contribution in [3.8, 4) is 6.07 Å². The third-order valence-corrected chi connectivity index (χ3v) is 5.70. The molecular weight excluding hydrogens is 325 g/mol. The molecule has 0 spiro atoms. The minimum atomic E-state index is -0.337. The van der Waals surface area contributed by atoms with E-state index in [9.17, 15) is 9.18 Å². The van der Waals surface area contributed by atoms with Crippen LogP contribution in [0.3, 0.4) is 0 Å². The predicted molar refractivity (Wildman–Crippen MR) is 93.0 cm³/mol. The fourth-order valence-electron chi connectivity index (χ4n) is 3.43. The van der Waals surface area contributed by atoms with Crippen LogP contribution in [0.2, 0.25) is 0 Å². The molecule has 6 heteroatoms. The van der Waals surface area contributed by atoms with Crippen LogP contribution in [0.5, 0.6) is 0 Å². The Labute approximate surface area is 146 Å². The van der Waals surface area contributed by atoms with Crippen LogP contribution in [-0.2, 0) is 11.3 Å². The van der Waals surface area contributed by atoms with E-state index in [1.165, 1.54) is 6.07 Å². The number of nitriles is 1. The quantitative estimate of drug-likeness (QED) is 0.843. The molecule has 2 heterocycles. The molecule has 1 atom stereocenters. The second-order valence-corrected chi connectivity index (χ2v) is 7.65. The molecule has 1 amide bonds. The highest BCUT2D eigenvalue weighted by Crippen LogP contribution is 2.23. The third-order valence-electron chi connectivity index (χ3n) is 4.75. The Morgan fingerprint density at radius 2 is 2.12 bits per heavy atom. The largest absolute Gasteiger partial charge is 0.341 e. The molecule has 128 valence electrons. The summed E-state index contributed by atoms with van der Waals surface area (Å²) in [5.41, 5.74) is 0.933. The summed E-state index contributed by atoms with van der Waals surface area (Å²) in [7, 11) is 0. The van der Waals surface area contributed by atoms with Gasteiger partial charge in [-0.15, -0.1) is 0 Å². The van der Waals surface area contributed by atoms with Crippen LogP contribution in [0.25, 0.3) is 0 Å². The number of hydrogen-bond acceptors (Lipinski definition) is 4. The molecule has 1 aromatic rings. The van der Waals surface area contributed by atoms with Crippen LogP contribution in [0, 0.1) is 23.1 Å². The maximum Gasteiger partial charge on any atom is 0.227 e. The number of rotatable bonds is 3. The van der Waals surface area contributed by atoms with Crippen LogP contribution in [0.1, 0.15) is 24.0 Å². The smallest absolute Gasteiger partial charge is 0.227 e. The Hall–Kier alpha value is -1.58. The van der Waals surface area contributed by atoms with Crippen molar-refractivity contribution in [2.24, 2.45) is 5.92 Å². The summed E-state index contributed by atoms with van der Waals surface area (Å²) in [6, 6.07) is 6.57. The van der Waals surface area contributed by atoms with Crippen molar-refractivity contribution < 1.29 is 9.18 Å². The topological polar surface area (TPSA) is 47.3 Å². The zero-order chi connectivity index (χ0) is 16.9. The number of hydrogen-bond donors (Lipinski definition) is 0. The van der Waals surface area contributed by atoms with Crippen molar-refractivity contribution >= 4 is 17.7 Å². The monoisotopic (exact) mass is 347 g/mol. The number of nitrogens with zero attached hydrogens (tertiary/aromatic N) is 3. The minimum absolute atomic E-state index is 0.0308. The van der Waals surface area contributed by atoms with Gasteiger partial charge in [-0.3, -0.25) is 9.69 Å². The molecule has 2 saturated heterocycles. The van der Waals surface area contributed by atoms with Crippen molar-refractivity contribution in [3.05, 3.63) is 35.1 Å². The Bertz CT molecular complexity index is 640. The lowest BCUT2D eigenvalue weighted by molar-refractivity contribution is -0.137. The summed E-state index contributed by atoms with van der Waals surface area (Å²) in [6.07, 6.45) is 1.89. The van der Waals surface area contributed by atoms with Crippen molar-refractivity contribution in [2.75, 3.05) is 37.7 Å². The highest BCUT2D eigenvalue weighted by atomic mass is 32.2. The van der Waals surface area contributed by atoms with Crippen molar-refractivity contribution in [3.63, 3.8) is 0 Å². The number of likely N-dealkylation sites (tertiary alicyclic amines) is 1. The summed E-state index contributed by atoms with van der Waals surface area (Å²) in [4.78, 5) is 16.8. The first kappa shape index (κ1) is 17.2. The Balaban J connectivity index is 1.61. The van der Waals surface area contributed by atoms with E-state index in [0.29, 0.717) is 24.2 Å². The molecule has 0 saturated carbocycles. The van der Waals surface area contributed by atoms with E-state index in [2.05, 4.69) is 4.90 Å². The molecular formula is C18H22FN3OS. The van der Waals surface area contributed by atoms with Gasteiger partial charge in [-0.2, -0.15) is 17.0 Å². The van der Waals surface area contributed by atoms with Gasteiger partial charge in [0.15, 0.2) is 0 Å². The average molecular weight is 347 g/mol. The van der Waals surface area contributed by atoms with Gasteiger partial charge in [0.25, 0.3) is 0 Å². The third kappa shape index (κ3) is 4.08. The zero-order valence-corrected chi connectivity index (χ0v) is 14.5. The maximum atomic E-state index is 14.1. The predicted octanol–water partition coefficient (Wildman–Crippen LogP) is 2.48. The van der Waals surface area contributed by atoms with Crippen LogP contribution in [0.4, 0.5) is 4.39 Å². The summed E-state index contributed by atoms with van der Waals surface area (Å²) in [6.45, 7) is 3.78. The molecule has 0 aromatic heterocycles. The van der Waals surface area contributed by atoms with Gasteiger partial charge in [-0.05, 0) is 31.5 Å². The number of halogens is 1. The van der Waals surface area contributed by atoms with E-state index in [-0.39, 0.29) is 17.6 Å². The number of benzene rings is 1. The fourth-order valence-corrected chi connectivity index (χ4v) is 4.33. The molecule has 4 nitrogen and oxygen atoms in total. The summed E-state index contributed by atoms with van der Waals surface area (Å²) in [5.74, 6) is 2.01. The summed E-state index contributed by atoms with van der Waals surface area (Å²) < 4.78 is 14.1. The maximum absolute atomic E-state index is 14.1. The molecule has 2 aliphatic rings. The van der Waals surface area contributed by atoms with Crippen LogP contribution >= 0.6 is 11.8 Å². The van der Waals surface area contributed by atoms with Gasteiger partial charge in [0, 0.05) is 43.2 Å². The van der Waals surface area contributed by atoms with E-state index >= 15 is 0 Å². The molecule has 1 aromatic carbocycles. The number of carbonyl (C=O) groups is 1. The first-order valence-corrected chi connectivity index (χ1v) is 9.60. The molecule has 2 fully saturated rings. The van der Waals surface area contributed by atoms with E-state index < -0.39 is 0 Å². The van der Waals surface area contributed by atoms with Crippen molar-refractivity contribution in [2.45, 2.75) is 19.4 Å². The Kier molecular flexibility index (Phi) is 5.75. The molecule has 1 unspecified atom stereocenters. The SMILES string of the molecule is N#Cc1ccc(CN2CCCC(C(=O)N3CCSCC3)C2)c(F)c1. The van der Waals surface area contributed by atoms with Gasteiger partial charge in [-0.25, -0.2) is 4.39 Å². The van der Waals surface area contributed by atoms with E-state index in [1.807, 2.05) is 22.7 Å². The Morgan fingerprint density at radius 3 is 2.83 bits per heavy atom. The van der Waals surface area contributed by atoms with E-state index in [4.69, 9.17) is 5.26 Å². The lowest BCUT2D eigenvalue weighted by atomic mass is 9.96. The average Bonchev–Trinajstić information content (AvgIpc) is 2.63. The van der Waals surface area contributed by atoms with Crippen molar-refractivity contribution in [1.29, 1.82) is 5.26 Å². The van der Waals surface area contributed by atoms with Gasteiger partial charge >= 0.3 is 0 Å². The highest BCUT2D eigenvalue weighted by Gasteiger charge is 2.30. The summed E-state index contributed by atoms with van der Waals surface area (Å²) in [5, 5.41) is 8.82. The van der Waals surface area contributed by atoms with Gasteiger partial charge < -0.3 is 4.90 Å². The number of amides is 1. The molecule has 0 N–H and O–H groups in total. The molecule has 0 radical (unpaired) electrons. The molecule has 2 aliphatic heterocycles. The van der Waals surface area contributed by atoms with Crippen LogP contribution in [0.15, 0.2) is 18.2 Å². The minimum Gasteiger partial charge on any atom is -0.341 e. The second-order valence-electron chi connectivity index (χ2n) is 6.43. The van der Waals surface area contributed by atoms with E-state index in [1.54, 1.807) is 12.1 Å². The van der Waals surface area contributed by atoms with Gasteiger partial charge in [0.05, 0.1) is 17.6 Å². The number of piperidine rings is 1. The number of thioether (sulfide) groups is 1. The molecule has 0 bridgehead atoms. The molecule has 0 aliphatic carbocycles. The number of carbonyl (C=O) groups excluding carboxylic acids is 1. The van der Waals surface area contributed by atoms with E-state index in [0.717, 1.165) is 44.0 Å². The lowest BCUT2D eigenvalue weighted by Gasteiger charge is -2.36. The first-order chi connectivity index (χ1) is 11.7. The lowest BCUT2D eigenvalue weighted by Crippen LogP contribution is -2.47. The first-order valence-electron chi connectivity index (χ1n) is 8.45. The summed E-state index contributed by atoms with van der Waals surface area (Å²) >= 11 is 1.90. The standard InChI is InChI=1S/C18H22FN3OS/c19-17-10-14(11-20)3-4-15(17)12-21-5-1-2-16(13-21)18(23)22-6-8-24-9-7-22/h3-4,10,16H,1-2,5-9,12-13H2. The second kappa shape index (κ2) is 8.00. The normalized spacial score (nSPS) is 22.2. The zero-order valence-electron chi connectivity index (χ0n) is 13.7. The van der Waals surface area contributed by atoms with Gasteiger partial charge in [0.2, 0.25) is 5.91 Å². The van der Waals surface area contributed by atoms with Crippen LogP contribution < -0.4 is 0 Å². The highest BCUT2D eigenvalue weighted by molar-refractivity contribution is 7.99. The molecule has 3 rings (SSSR count). The van der Waals surface area contributed by atoms with Crippen molar-refractivity contribution in [1.82, 2.24) is 9.80 Å². The van der Waals surface area contributed by atoms with Gasteiger partial charge in [-0.1, -0.05) is 6.07 Å². The molecule has 24 heavy (non-hydrogen) atoms. The fraction of sp³-hybridized carbons (Fsp3) is 0.556. The van der Waals surface area contributed by atoms with Crippen LogP contribution in [-0.4, -0.2) is 53.4 Å².